The molecule has 0 aliphatic carbocycles. The zero-order chi connectivity index (χ0) is 22.4. The molecule has 1 saturated heterocycles. The van der Waals surface area contributed by atoms with Crippen molar-refractivity contribution in [2.24, 2.45) is 0 Å². The fourth-order valence-corrected chi connectivity index (χ4v) is 5.87. The molecule has 0 spiro atoms. The highest BCUT2D eigenvalue weighted by atomic mass is 32.2. The van der Waals surface area contributed by atoms with Gasteiger partial charge < -0.3 is 19.7 Å². The fraction of sp³-hybridized carbons (Fsp3) is 0.240. The Balaban J connectivity index is 1.59. The molecule has 7 heteroatoms. The van der Waals surface area contributed by atoms with Crippen molar-refractivity contribution in [3.8, 4) is 0 Å². The van der Waals surface area contributed by atoms with Gasteiger partial charge in [0.25, 0.3) is 0 Å². The standard InChI is InChI=1S/C25H24O5S2/c26-21-16-29-25(32-20-14-8-3-9-15-20,17-31-19-12-6-2-7-13-19)23(27)22(21)30-24(28)18-10-4-1-5-11-18/h1-15,21-23,26-27H,16-17H2/t21-,22-,23+,25+/m1/s1. The van der Waals surface area contributed by atoms with Gasteiger partial charge in [0.1, 0.15) is 12.2 Å². The second kappa shape index (κ2) is 10.6. The molecule has 1 fully saturated rings. The van der Waals surface area contributed by atoms with Gasteiger partial charge in [-0.3, -0.25) is 0 Å². The summed E-state index contributed by atoms with van der Waals surface area (Å²) in [5.74, 6) is -0.200. The van der Waals surface area contributed by atoms with Crippen molar-refractivity contribution in [3.63, 3.8) is 0 Å². The van der Waals surface area contributed by atoms with Crippen LogP contribution in [0, 0.1) is 0 Å². The van der Waals surface area contributed by atoms with Crippen LogP contribution in [0.3, 0.4) is 0 Å². The molecule has 1 heterocycles. The van der Waals surface area contributed by atoms with E-state index in [0.717, 1.165) is 9.79 Å². The Morgan fingerprint density at radius 3 is 2.09 bits per heavy atom. The van der Waals surface area contributed by atoms with Crippen LogP contribution in [-0.2, 0) is 9.47 Å². The highest BCUT2D eigenvalue weighted by molar-refractivity contribution is 8.03. The van der Waals surface area contributed by atoms with E-state index < -0.39 is 29.2 Å². The number of ether oxygens (including phenoxy) is 2. The number of benzene rings is 3. The SMILES string of the molecule is O=C(O[C@@H]1[C@H](O)CO[C@@](CSc2ccccc2)(Sc2ccccc2)[C@H]1O)c1ccccc1. The highest BCUT2D eigenvalue weighted by Crippen LogP contribution is 2.45. The quantitative estimate of drug-likeness (QED) is 0.397. The molecule has 0 radical (unpaired) electrons. The number of esters is 1. The maximum atomic E-state index is 12.7. The minimum Gasteiger partial charge on any atom is -0.453 e. The van der Waals surface area contributed by atoms with Crippen LogP contribution in [0.15, 0.2) is 101 Å². The van der Waals surface area contributed by atoms with E-state index in [9.17, 15) is 15.0 Å². The van der Waals surface area contributed by atoms with Crippen LogP contribution in [0.4, 0.5) is 0 Å². The second-order valence-electron chi connectivity index (χ2n) is 7.39. The third kappa shape index (κ3) is 5.36. The lowest BCUT2D eigenvalue weighted by Gasteiger charge is -2.45. The van der Waals surface area contributed by atoms with E-state index in [1.807, 2.05) is 60.7 Å². The van der Waals surface area contributed by atoms with Crippen LogP contribution in [0.25, 0.3) is 0 Å². The van der Waals surface area contributed by atoms with Gasteiger partial charge in [-0.15, -0.1) is 11.8 Å². The summed E-state index contributed by atoms with van der Waals surface area (Å²) < 4.78 is 11.7. The van der Waals surface area contributed by atoms with Crippen LogP contribution in [-0.4, -0.2) is 51.8 Å². The molecule has 4 atom stereocenters. The zero-order valence-corrected chi connectivity index (χ0v) is 18.9. The van der Waals surface area contributed by atoms with Gasteiger partial charge in [0.15, 0.2) is 11.0 Å². The molecule has 4 rings (SSSR count). The molecule has 1 aliphatic heterocycles. The van der Waals surface area contributed by atoms with Crippen molar-refractivity contribution in [1.82, 2.24) is 0 Å². The Morgan fingerprint density at radius 1 is 0.906 bits per heavy atom. The van der Waals surface area contributed by atoms with Gasteiger partial charge in [-0.2, -0.15) is 0 Å². The molecule has 32 heavy (non-hydrogen) atoms. The molecule has 1 aliphatic rings. The van der Waals surface area contributed by atoms with Crippen molar-refractivity contribution in [2.45, 2.75) is 33.0 Å². The summed E-state index contributed by atoms with van der Waals surface area (Å²) in [7, 11) is 0. The summed E-state index contributed by atoms with van der Waals surface area (Å²) >= 11 is 2.91. The van der Waals surface area contributed by atoms with Gasteiger partial charge in [-0.05, 0) is 36.4 Å². The minimum absolute atomic E-state index is 0.0566. The molecule has 0 unspecified atom stereocenters. The van der Waals surface area contributed by atoms with Gasteiger partial charge in [0.05, 0.1) is 12.2 Å². The van der Waals surface area contributed by atoms with Gasteiger partial charge in [-0.1, -0.05) is 66.4 Å². The largest absolute Gasteiger partial charge is 0.453 e. The van der Waals surface area contributed by atoms with Crippen molar-refractivity contribution >= 4 is 29.5 Å². The Bertz CT molecular complexity index is 1000. The number of rotatable bonds is 7. The predicted octanol–water partition coefficient (Wildman–Crippen LogP) is 4.24. The molecule has 0 amide bonds. The lowest BCUT2D eigenvalue weighted by molar-refractivity contribution is -0.194. The predicted molar refractivity (Wildman–Crippen MR) is 126 cm³/mol. The Hall–Kier alpha value is -2.29. The Labute approximate surface area is 195 Å². The number of thioether (sulfide) groups is 2. The van der Waals surface area contributed by atoms with Gasteiger partial charge in [0, 0.05) is 15.5 Å². The van der Waals surface area contributed by atoms with E-state index >= 15 is 0 Å². The summed E-state index contributed by atoms with van der Waals surface area (Å²) in [6.45, 7) is -0.0566. The lowest BCUT2D eigenvalue weighted by atomic mass is 10.00. The first-order valence-corrected chi connectivity index (χ1v) is 12.1. The van der Waals surface area contributed by atoms with Crippen molar-refractivity contribution in [3.05, 3.63) is 96.6 Å². The number of carbonyl (C=O) groups is 1. The first-order chi connectivity index (χ1) is 15.6. The molecule has 166 valence electrons. The van der Waals surface area contributed by atoms with E-state index in [0.29, 0.717) is 11.3 Å². The van der Waals surface area contributed by atoms with Crippen LogP contribution in [0.1, 0.15) is 10.4 Å². The third-order valence-electron chi connectivity index (χ3n) is 5.11. The van der Waals surface area contributed by atoms with Gasteiger partial charge in [-0.25, -0.2) is 4.79 Å². The summed E-state index contributed by atoms with van der Waals surface area (Å²) in [5, 5.41) is 21.9. The van der Waals surface area contributed by atoms with E-state index in [4.69, 9.17) is 9.47 Å². The van der Waals surface area contributed by atoms with Crippen molar-refractivity contribution < 1.29 is 24.5 Å². The first kappa shape index (κ1) is 22.9. The monoisotopic (exact) mass is 468 g/mol. The molecule has 3 aromatic carbocycles. The number of aliphatic hydroxyl groups excluding tert-OH is 2. The summed E-state index contributed by atoms with van der Waals surface area (Å²) in [4.78, 5) is 13.5. The second-order valence-corrected chi connectivity index (χ2v) is 9.80. The number of hydrogen-bond acceptors (Lipinski definition) is 7. The highest BCUT2D eigenvalue weighted by Gasteiger charge is 2.52. The average molecular weight is 469 g/mol. The zero-order valence-electron chi connectivity index (χ0n) is 17.2. The van der Waals surface area contributed by atoms with Crippen molar-refractivity contribution in [2.75, 3.05) is 12.4 Å². The Morgan fingerprint density at radius 2 is 1.47 bits per heavy atom. The topological polar surface area (TPSA) is 76.0 Å². The number of hydrogen-bond donors (Lipinski definition) is 2. The number of aliphatic hydroxyl groups is 2. The van der Waals surface area contributed by atoms with E-state index in [1.54, 1.807) is 30.3 Å². The molecule has 2 N–H and O–H groups in total. The first-order valence-electron chi connectivity index (χ1n) is 10.3. The average Bonchev–Trinajstić information content (AvgIpc) is 2.84. The third-order valence-corrected chi connectivity index (χ3v) is 7.83. The Kier molecular flexibility index (Phi) is 7.55. The van der Waals surface area contributed by atoms with Crippen LogP contribution >= 0.6 is 23.5 Å². The minimum atomic E-state index is -1.25. The smallest absolute Gasteiger partial charge is 0.338 e. The summed E-state index contributed by atoms with van der Waals surface area (Å²) in [5.41, 5.74) is 0.360. The summed E-state index contributed by atoms with van der Waals surface area (Å²) in [6.07, 6.45) is -3.51. The van der Waals surface area contributed by atoms with Gasteiger partial charge >= 0.3 is 5.97 Å². The van der Waals surface area contributed by atoms with Crippen LogP contribution in [0.2, 0.25) is 0 Å². The van der Waals surface area contributed by atoms with E-state index in [2.05, 4.69) is 0 Å². The molecule has 0 bridgehead atoms. The molecule has 0 saturated carbocycles. The van der Waals surface area contributed by atoms with Crippen molar-refractivity contribution in [1.29, 1.82) is 0 Å². The fourth-order valence-electron chi connectivity index (χ4n) is 3.41. The summed E-state index contributed by atoms with van der Waals surface area (Å²) in [6, 6.07) is 28.0. The molecular formula is C25H24O5S2. The van der Waals surface area contributed by atoms with Crippen LogP contribution < -0.4 is 0 Å². The lowest BCUT2D eigenvalue weighted by Crippen LogP contribution is -2.61. The number of carbonyl (C=O) groups excluding carboxylic acids is 1. The normalized spacial score (nSPS) is 25.2. The molecular weight excluding hydrogens is 444 g/mol. The van der Waals surface area contributed by atoms with E-state index in [1.165, 1.54) is 23.5 Å². The molecule has 5 nitrogen and oxygen atoms in total. The maximum absolute atomic E-state index is 12.7. The van der Waals surface area contributed by atoms with E-state index in [-0.39, 0.29) is 6.61 Å². The molecule has 0 aromatic heterocycles. The van der Waals surface area contributed by atoms with Gasteiger partial charge in [0.2, 0.25) is 0 Å². The molecule has 3 aromatic rings. The van der Waals surface area contributed by atoms with Crippen LogP contribution in [0.5, 0.6) is 0 Å². The maximum Gasteiger partial charge on any atom is 0.338 e.